The molecule has 0 saturated carbocycles. The third-order valence-electron chi connectivity index (χ3n) is 7.60. The van der Waals surface area contributed by atoms with Gasteiger partial charge in [0.15, 0.2) is 5.78 Å². The lowest BCUT2D eigenvalue weighted by atomic mass is 9.81. The zero-order valence-electron chi connectivity index (χ0n) is 23.6. The molecule has 2 aromatic heterocycles. The summed E-state index contributed by atoms with van der Waals surface area (Å²) in [7, 11) is 0. The first-order valence-electron chi connectivity index (χ1n) is 13.6. The first-order valence-corrected chi connectivity index (χ1v) is 13.6. The second kappa shape index (κ2) is 11.1. The Morgan fingerprint density at radius 2 is 1.95 bits per heavy atom. The van der Waals surface area contributed by atoms with E-state index in [2.05, 4.69) is 9.97 Å². The molecule has 10 heteroatoms. The van der Waals surface area contributed by atoms with E-state index in [0.29, 0.717) is 44.8 Å². The van der Waals surface area contributed by atoms with E-state index in [4.69, 9.17) is 15.2 Å². The molecule has 3 atom stereocenters. The summed E-state index contributed by atoms with van der Waals surface area (Å²) in [5, 5.41) is 22.0. The maximum atomic E-state index is 13.7. The number of fused-ring (bicyclic) bond motifs is 2. The molecule has 9 nitrogen and oxygen atoms in total. The number of ether oxygens (including phenoxy) is 2. The number of amides is 1. The molecule has 0 aliphatic carbocycles. The molecule has 1 aliphatic rings. The van der Waals surface area contributed by atoms with Crippen molar-refractivity contribution in [3.8, 4) is 22.8 Å². The number of aromatic nitrogens is 2. The Labute approximate surface area is 242 Å². The Morgan fingerprint density at radius 3 is 2.64 bits per heavy atom. The molecule has 0 unspecified atom stereocenters. The lowest BCUT2D eigenvalue weighted by Gasteiger charge is -2.26. The zero-order chi connectivity index (χ0) is 30.2. The number of carbonyl (C=O) groups excluding carboxylic acids is 2. The van der Waals surface area contributed by atoms with Gasteiger partial charge in [0, 0.05) is 34.7 Å². The number of hydrogen-bond donors (Lipinski definition) is 3. The van der Waals surface area contributed by atoms with E-state index in [-0.39, 0.29) is 37.5 Å². The van der Waals surface area contributed by atoms with Crippen molar-refractivity contribution in [3.63, 3.8) is 0 Å². The van der Waals surface area contributed by atoms with E-state index in [9.17, 15) is 24.2 Å². The quantitative estimate of drug-likeness (QED) is 0.239. The van der Waals surface area contributed by atoms with Gasteiger partial charge in [-0.3, -0.25) is 14.6 Å². The van der Waals surface area contributed by atoms with Gasteiger partial charge in [-0.05, 0) is 75.7 Å². The van der Waals surface area contributed by atoms with Crippen LogP contribution in [0.4, 0.5) is 4.39 Å². The van der Waals surface area contributed by atoms with Crippen LogP contribution < -0.4 is 15.2 Å². The van der Waals surface area contributed by atoms with E-state index < -0.39 is 28.8 Å². The fraction of sp³-hybridized carbons (Fsp3) is 0.312. The predicted octanol–water partition coefficient (Wildman–Crippen LogP) is 4.20. The number of nitrogens with zero attached hydrogens (tertiary/aromatic N) is 2. The van der Waals surface area contributed by atoms with Crippen LogP contribution in [-0.4, -0.2) is 51.2 Å². The van der Waals surface area contributed by atoms with Crippen molar-refractivity contribution in [2.45, 2.75) is 50.7 Å². The normalized spacial score (nSPS) is 18.1. The van der Waals surface area contributed by atoms with E-state index >= 15 is 0 Å². The van der Waals surface area contributed by atoms with Gasteiger partial charge < -0.3 is 25.4 Å². The highest BCUT2D eigenvalue weighted by Crippen LogP contribution is 2.46. The minimum atomic E-state index is -1.59. The number of aliphatic hydroxyl groups excluding tert-OH is 1. The third-order valence-corrected chi connectivity index (χ3v) is 7.60. The fourth-order valence-electron chi connectivity index (χ4n) is 4.94. The van der Waals surface area contributed by atoms with Crippen molar-refractivity contribution >= 4 is 22.6 Å². The number of halogens is 1. The first kappa shape index (κ1) is 29.1. The molecule has 1 amide bonds. The number of Topliss-reactive ketones (excluding diaryl/α,β-unsaturated/α-hetero) is 1. The summed E-state index contributed by atoms with van der Waals surface area (Å²) in [6.45, 7) is 4.82. The minimum absolute atomic E-state index is 0.00353. The highest BCUT2D eigenvalue weighted by Gasteiger charge is 2.45. The Hall–Kier alpha value is -4.41. The summed E-state index contributed by atoms with van der Waals surface area (Å²) >= 11 is 0. The molecule has 0 fully saturated rings. The molecule has 3 heterocycles. The number of pyridine rings is 2. The Kier molecular flexibility index (Phi) is 7.70. The van der Waals surface area contributed by atoms with Gasteiger partial charge in [-0.1, -0.05) is 6.07 Å². The molecule has 5 rings (SSSR count). The van der Waals surface area contributed by atoms with Crippen molar-refractivity contribution in [2.75, 3.05) is 13.2 Å². The molecule has 2 aromatic carbocycles. The van der Waals surface area contributed by atoms with Crippen molar-refractivity contribution in [1.29, 1.82) is 0 Å². The lowest BCUT2D eigenvalue weighted by Crippen LogP contribution is -2.40. The van der Waals surface area contributed by atoms with Gasteiger partial charge >= 0.3 is 0 Å². The summed E-state index contributed by atoms with van der Waals surface area (Å²) in [6, 6.07) is 14.1. The van der Waals surface area contributed by atoms with E-state index in [1.54, 1.807) is 51.2 Å². The average molecular weight is 574 g/mol. The van der Waals surface area contributed by atoms with Crippen LogP contribution in [0.5, 0.6) is 11.5 Å². The van der Waals surface area contributed by atoms with Gasteiger partial charge in [-0.2, -0.15) is 0 Å². The molecular formula is C32H32FN3O6. The molecular weight excluding hydrogens is 541 g/mol. The summed E-state index contributed by atoms with van der Waals surface area (Å²) in [5.74, 6) is -0.554. The third kappa shape index (κ3) is 5.55. The van der Waals surface area contributed by atoms with Gasteiger partial charge in [0.25, 0.3) is 0 Å². The molecule has 0 spiro atoms. The highest BCUT2D eigenvalue weighted by molar-refractivity contribution is 6.01. The Bertz CT molecular complexity index is 1670. The monoisotopic (exact) mass is 573 g/mol. The maximum absolute atomic E-state index is 13.7. The number of nitrogens with two attached hydrogens (primary N) is 1. The largest absolute Gasteiger partial charge is 0.489 e. The molecule has 1 aliphatic heterocycles. The van der Waals surface area contributed by atoms with Crippen LogP contribution in [0.1, 0.15) is 55.2 Å². The zero-order valence-corrected chi connectivity index (χ0v) is 23.6. The van der Waals surface area contributed by atoms with Crippen molar-refractivity contribution in [3.05, 3.63) is 83.4 Å². The van der Waals surface area contributed by atoms with Crippen LogP contribution >= 0.6 is 0 Å². The molecule has 0 bridgehead atoms. The fourth-order valence-corrected chi connectivity index (χ4v) is 4.94. The van der Waals surface area contributed by atoms with Gasteiger partial charge in [0.1, 0.15) is 52.8 Å². The smallest absolute Gasteiger partial charge is 0.231 e. The van der Waals surface area contributed by atoms with Gasteiger partial charge in [-0.15, -0.1) is 0 Å². The van der Waals surface area contributed by atoms with Crippen LogP contribution in [0.2, 0.25) is 0 Å². The van der Waals surface area contributed by atoms with E-state index in [0.717, 1.165) is 0 Å². The average Bonchev–Trinajstić information content (AvgIpc) is 3.32. The number of primary amides is 1. The van der Waals surface area contributed by atoms with Gasteiger partial charge in [0.05, 0.1) is 11.8 Å². The first-order chi connectivity index (χ1) is 19.9. The van der Waals surface area contributed by atoms with Crippen molar-refractivity contribution in [2.24, 2.45) is 5.73 Å². The SMILES string of the molecule is C[C@@H](O)COc1cc(C(=O)CC[C@](C)(O)c2cc3c(c(-c4ccc(F)cc4)n2)OC[C@]3(C)C(N)=O)cc2cccnc12. The van der Waals surface area contributed by atoms with Crippen LogP contribution in [0, 0.1) is 5.82 Å². The van der Waals surface area contributed by atoms with Gasteiger partial charge in [0.2, 0.25) is 5.91 Å². The maximum Gasteiger partial charge on any atom is 0.231 e. The molecule has 42 heavy (non-hydrogen) atoms. The van der Waals surface area contributed by atoms with Crippen molar-refractivity contribution < 1.29 is 33.7 Å². The standard InChI is InChI=1S/C32H32FN3O6/c1-18(37)16-41-25-14-21(13-20-5-4-12-35-27(20)25)24(38)10-11-32(3,40)26-15-23-29(42-17-31(23,2)30(34)39)28(36-26)19-6-8-22(33)9-7-19/h4-9,12-15,18,37,40H,10-11,16-17H2,1-3H3,(H2,34,39)/t18-,31+,32+/m1/s1. The number of aliphatic hydroxyl groups is 2. The topological polar surface area (TPSA) is 145 Å². The Morgan fingerprint density at radius 1 is 1.21 bits per heavy atom. The number of carbonyl (C=O) groups is 2. The lowest BCUT2D eigenvalue weighted by molar-refractivity contribution is -0.123. The number of ketones is 1. The van der Waals surface area contributed by atoms with Crippen LogP contribution in [0.3, 0.4) is 0 Å². The summed E-state index contributed by atoms with van der Waals surface area (Å²) < 4.78 is 25.3. The van der Waals surface area contributed by atoms with Crippen LogP contribution in [0.15, 0.2) is 60.8 Å². The van der Waals surface area contributed by atoms with E-state index in [1.165, 1.54) is 24.3 Å². The number of rotatable bonds is 10. The Balaban J connectivity index is 1.47. The number of hydrogen-bond acceptors (Lipinski definition) is 8. The van der Waals surface area contributed by atoms with Gasteiger partial charge in [-0.25, -0.2) is 9.37 Å². The highest BCUT2D eigenvalue weighted by atomic mass is 19.1. The summed E-state index contributed by atoms with van der Waals surface area (Å²) in [4.78, 5) is 34.9. The minimum Gasteiger partial charge on any atom is -0.489 e. The van der Waals surface area contributed by atoms with Crippen LogP contribution in [0.25, 0.3) is 22.2 Å². The van der Waals surface area contributed by atoms with E-state index in [1.807, 2.05) is 6.07 Å². The predicted molar refractivity (Wildman–Crippen MR) is 154 cm³/mol. The van der Waals surface area contributed by atoms with Crippen molar-refractivity contribution in [1.82, 2.24) is 9.97 Å². The molecule has 218 valence electrons. The molecule has 0 radical (unpaired) electrons. The second-order valence-corrected chi connectivity index (χ2v) is 11.1. The van der Waals surface area contributed by atoms with Crippen LogP contribution in [-0.2, 0) is 15.8 Å². The second-order valence-electron chi connectivity index (χ2n) is 11.1. The summed E-state index contributed by atoms with van der Waals surface area (Å²) in [6.07, 6.45) is 0.875. The molecule has 4 N–H and O–H groups in total. The summed E-state index contributed by atoms with van der Waals surface area (Å²) in [5.41, 5.74) is 5.47. The molecule has 4 aromatic rings. The number of benzene rings is 2. The molecule has 0 saturated heterocycles.